The Morgan fingerprint density at radius 2 is 1.91 bits per heavy atom. The summed E-state index contributed by atoms with van der Waals surface area (Å²) in [7, 11) is 5.09. The predicted octanol–water partition coefficient (Wildman–Crippen LogP) is 3.89. The van der Waals surface area contributed by atoms with Gasteiger partial charge < -0.3 is 19.5 Å². The van der Waals surface area contributed by atoms with Crippen molar-refractivity contribution >= 4 is 5.95 Å². The van der Waals surface area contributed by atoms with E-state index in [1.165, 1.54) is 0 Å². The summed E-state index contributed by atoms with van der Waals surface area (Å²) in [5, 5.41) is 7.38. The van der Waals surface area contributed by atoms with E-state index in [2.05, 4.69) is 25.4 Å². The number of ether oxygens (including phenoxy) is 3. The molecule has 34 heavy (non-hydrogen) atoms. The minimum atomic E-state index is 0.0595. The Kier molecular flexibility index (Phi) is 6.98. The van der Waals surface area contributed by atoms with Gasteiger partial charge in [-0.05, 0) is 32.0 Å². The van der Waals surface area contributed by atoms with Crippen molar-refractivity contribution in [1.29, 1.82) is 0 Å². The normalized spacial score (nSPS) is 11.8. The number of aromatic nitrogens is 6. The van der Waals surface area contributed by atoms with Crippen LogP contribution >= 0.6 is 0 Å². The summed E-state index contributed by atoms with van der Waals surface area (Å²) in [5.41, 5.74) is 3.78. The van der Waals surface area contributed by atoms with Crippen LogP contribution in [0.3, 0.4) is 0 Å². The molecule has 176 valence electrons. The zero-order chi connectivity index (χ0) is 24.1. The SMILES string of the molecule is COCC(C)Nc1ncc(-c2ccc(Oc3ccnc(-c4cnn(C)c4)c3)c(C)n2)c(OC)n1. The molecular formula is C24H27N7O3. The highest BCUT2D eigenvalue weighted by Gasteiger charge is 2.15. The highest BCUT2D eigenvalue weighted by molar-refractivity contribution is 5.66. The van der Waals surface area contributed by atoms with Gasteiger partial charge in [-0.15, -0.1) is 0 Å². The lowest BCUT2D eigenvalue weighted by molar-refractivity contribution is 0.190. The molecule has 0 saturated carbocycles. The Morgan fingerprint density at radius 3 is 2.62 bits per heavy atom. The lowest BCUT2D eigenvalue weighted by Gasteiger charge is -2.15. The molecule has 0 amide bonds. The fourth-order valence-electron chi connectivity index (χ4n) is 3.40. The molecule has 10 heteroatoms. The van der Waals surface area contributed by atoms with Gasteiger partial charge >= 0.3 is 0 Å². The minimum Gasteiger partial charge on any atom is -0.480 e. The van der Waals surface area contributed by atoms with Crippen molar-refractivity contribution in [3.05, 3.63) is 54.7 Å². The lowest BCUT2D eigenvalue weighted by atomic mass is 10.2. The molecule has 0 spiro atoms. The van der Waals surface area contributed by atoms with Gasteiger partial charge in [0.05, 0.1) is 42.6 Å². The van der Waals surface area contributed by atoms with Gasteiger partial charge in [-0.25, -0.2) is 9.97 Å². The molecule has 0 fully saturated rings. The molecule has 0 aliphatic heterocycles. The van der Waals surface area contributed by atoms with Crippen LogP contribution in [0.5, 0.6) is 17.4 Å². The number of pyridine rings is 2. The van der Waals surface area contributed by atoms with Gasteiger partial charge in [-0.3, -0.25) is 9.67 Å². The Hall–Kier alpha value is -4.05. The van der Waals surface area contributed by atoms with Crippen molar-refractivity contribution in [2.75, 3.05) is 26.1 Å². The highest BCUT2D eigenvalue weighted by atomic mass is 16.5. The van der Waals surface area contributed by atoms with E-state index in [0.29, 0.717) is 41.2 Å². The lowest BCUT2D eigenvalue weighted by Crippen LogP contribution is -2.22. The summed E-state index contributed by atoms with van der Waals surface area (Å²) in [6, 6.07) is 7.46. The molecule has 0 radical (unpaired) electrons. The van der Waals surface area contributed by atoms with Crippen LogP contribution in [0.25, 0.3) is 22.5 Å². The number of nitrogens with one attached hydrogen (secondary N) is 1. The smallest absolute Gasteiger partial charge is 0.227 e. The van der Waals surface area contributed by atoms with E-state index in [-0.39, 0.29) is 6.04 Å². The Balaban J connectivity index is 1.55. The third-order valence-electron chi connectivity index (χ3n) is 5.01. The van der Waals surface area contributed by atoms with Crippen LogP contribution in [-0.4, -0.2) is 56.6 Å². The van der Waals surface area contributed by atoms with Crippen molar-refractivity contribution in [2.24, 2.45) is 7.05 Å². The van der Waals surface area contributed by atoms with E-state index in [1.807, 2.05) is 45.3 Å². The van der Waals surface area contributed by atoms with Crippen molar-refractivity contribution in [3.8, 4) is 39.9 Å². The largest absolute Gasteiger partial charge is 0.480 e. The van der Waals surface area contributed by atoms with Crippen LogP contribution in [0.2, 0.25) is 0 Å². The molecule has 1 unspecified atom stereocenters. The van der Waals surface area contributed by atoms with Crippen LogP contribution < -0.4 is 14.8 Å². The van der Waals surface area contributed by atoms with Gasteiger partial charge in [0, 0.05) is 50.4 Å². The third kappa shape index (κ3) is 5.29. The van der Waals surface area contributed by atoms with Crippen molar-refractivity contribution in [1.82, 2.24) is 29.7 Å². The van der Waals surface area contributed by atoms with E-state index in [0.717, 1.165) is 17.0 Å². The van der Waals surface area contributed by atoms with Crippen LogP contribution in [0.4, 0.5) is 5.95 Å². The molecule has 0 saturated heterocycles. The molecule has 4 aromatic rings. The minimum absolute atomic E-state index is 0.0595. The van der Waals surface area contributed by atoms with Gasteiger partial charge in [0.1, 0.15) is 11.5 Å². The predicted molar refractivity (Wildman–Crippen MR) is 128 cm³/mol. The first-order chi connectivity index (χ1) is 16.5. The van der Waals surface area contributed by atoms with E-state index in [4.69, 9.17) is 19.2 Å². The van der Waals surface area contributed by atoms with Gasteiger partial charge in [0.15, 0.2) is 0 Å². The molecular weight excluding hydrogens is 434 g/mol. The van der Waals surface area contributed by atoms with E-state index in [9.17, 15) is 0 Å². The summed E-state index contributed by atoms with van der Waals surface area (Å²) in [5.74, 6) is 2.19. The quantitative estimate of drug-likeness (QED) is 0.397. The first-order valence-corrected chi connectivity index (χ1v) is 10.7. The number of anilines is 1. The maximum Gasteiger partial charge on any atom is 0.227 e. The molecule has 10 nitrogen and oxygen atoms in total. The van der Waals surface area contributed by atoms with Crippen molar-refractivity contribution in [3.63, 3.8) is 0 Å². The fraction of sp³-hybridized carbons (Fsp3) is 0.292. The molecule has 4 rings (SSSR count). The zero-order valence-corrected chi connectivity index (χ0v) is 19.8. The van der Waals surface area contributed by atoms with E-state index in [1.54, 1.807) is 43.6 Å². The number of hydrogen-bond acceptors (Lipinski definition) is 9. The first kappa shape index (κ1) is 23.1. The van der Waals surface area contributed by atoms with Crippen LogP contribution in [0.1, 0.15) is 12.6 Å². The molecule has 0 bridgehead atoms. The Morgan fingerprint density at radius 1 is 1.06 bits per heavy atom. The summed E-state index contributed by atoms with van der Waals surface area (Å²) in [6.45, 7) is 4.41. The molecule has 1 atom stereocenters. The number of hydrogen-bond donors (Lipinski definition) is 1. The summed E-state index contributed by atoms with van der Waals surface area (Å²) in [6.07, 6.45) is 7.07. The second-order valence-corrected chi connectivity index (χ2v) is 7.78. The molecule has 4 heterocycles. The molecule has 4 aromatic heterocycles. The number of methoxy groups -OCH3 is 2. The zero-order valence-electron chi connectivity index (χ0n) is 19.8. The number of nitrogens with zero attached hydrogens (tertiary/aromatic N) is 6. The van der Waals surface area contributed by atoms with Crippen LogP contribution in [-0.2, 0) is 11.8 Å². The first-order valence-electron chi connectivity index (χ1n) is 10.7. The topological polar surface area (TPSA) is 109 Å². The maximum absolute atomic E-state index is 6.10. The fourth-order valence-corrected chi connectivity index (χ4v) is 3.40. The Bertz CT molecular complexity index is 1280. The molecule has 0 aromatic carbocycles. The van der Waals surface area contributed by atoms with Gasteiger partial charge in [0.25, 0.3) is 0 Å². The second kappa shape index (κ2) is 10.3. The number of rotatable bonds is 9. The van der Waals surface area contributed by atoms with Crippen LogP contribution in [0.15, 0.2) is 49.1 Å². The van der Waals surface area contributed by atoms with Gasteiger partial charge in [-0.1, -0.05) is 0 Å². The third-order valence-corrected chi connectivity index (χ3v) is 5.01. The number of aryl methyl sites for hydroxylation is 2. The van der Waals surface area contributed by atoms with E-state index >= 15 is 0 Å². The summed E-state index contributed by atoms with van der Waals surface area (Å²) < 4.78 is 18.5. The van der Waals surface area contributed by atoms with Gasteiger partial charge in [-0.2, -0.15) is 10.1 Å². The Labute approximate surface area is 198 Å². The monoisotopic (exact) mass is 461 g/mol. The average molecular weight is 462 g/mol. The molecule has 0 aliphatic rings. The van der Waals surface area contributed by atoms with Gasteiger partial charge in [0.2, 0.25) is 11.8 Å². The highest BCUT2D eigenvalue weighted by Crippen LogP contribution is 2.32. The summed E-state index contributed by atoms with van der Waals surface area (Å²) in [4.78, 5) is 18.0. The van der Waals surface area contributed by atoms with E-state index < -0.39 is 0 Å². The van der Waals surface area contributed by atoms with Crippen LogP contribution in [0, 0.1) is 6.92 Å². The molecule has 0 aliphatic carbocycles. The van der Waals surface area contributed by atoms with Crippen molar-refractivity contribution < 1.29 is 14.2 Å². The van der Waals surface area contributed by atoms with Crippen molar-refractivity contribution in [2.45, 2.75) is 19.9 Å². The second-order valence-electron chi connectivity index (χ2n) is 7.78. The standard InChI is InChI=1S/C24H27N7O3/c1-15(14-32-4)28-24-26-12-19(23(30-24)33-5)20-6-7-22(16(2)29-20)34-18-8-9-25-21(10-18)17-11-27-31(3)13-17/h6-13,15H,14H2,1-5H3,(H,26,28,30). The average Bonchev–Trinajstić information content (AvgIpc) is 3.27. The maximum atomic E-state index is 6.10. The molecule has 1 N–H and O–H groups in total. The summed E-state index contributed by atoms with van der Waals surface area (Å²) >= 11 is 0.